The van der Waals surface area contributed by atoms with Crippen LogP contribution >= 0.6 is 0 Å². The third kappa shape index (κ3) is 14.7. The van der Waals surface area contributed by atoms with E-state index in [1.807, 2.05) is 0 Å². The van der Waals surface area contributed by atoms with Gasteiger partial charge in [0.25, 0.3) is 0 Å². The zero-order valence-electron chi connectivity index (χ0n) is 15.5. The Kier molecular flexibility index (Phi) is 12.9. The van der Waals surface area contributed by atoms with Gasteiger partial charge in [-0.15, -0.1) is 0 Å². The van der Waals surface area contributed by atoms with Crippen LogP contribution in [0.25, 0.3) is 0 Å². The molecule has 2 nitrogen and oxygen atoms in total. The van der Waals surface area contributed by atoms with E-state index in [-0.39, 0.29) is 0 Å². The summed E-state index contributed by atoms with van der Waals surface area (Å²) in [7, 11) is -3.85. The maximum absolute atomic E-state index is 9.75. The topological polar surface area (TPSA) is 6.48 Å². The van der Waals surface area contributed by atoms with E-state index in [4.69, 9.17) is 0 Å². The zero-order chi connectivity index (χ0) is 18.4. The van der Waals surface area contributed by atoms with E-state index in [9.17, 15) is 17.3 Å². The van der Waals surface area contributed by atoms with Gasteiger partial charge in [-0.2, -0.15) is 0 Å². The lowest BCUT2D eigenvalue weighted by molar-refractivity contribution is 0.192. The summed E-state index contributed by atoms with van der Waals surface area (Å²) in [4.78, 5) is 4.72. The Bertz CT molecular complexity index is 318. The second kappa shape index (κ2) is 13.4. The molecule has 0 aromatic carbocycles. The maximum Gasteiger partial charge on any atom is 0.673 e. The molecule has 0 aliphatic carbocycles. The first kappa shape index (κ1) is 23.1. The van der Waals surface area contributed by atoms with Gasteiger partial charge in [0.2, 0.25) is 0 Å². The Hall–Kier alpha value is -0.875. The molecule has 1 heterocycles. The van der Waals surface area contributed by atoms with Gasteiger partial charge in [-0.3, -0.25) is 0 Å². The smallest absolute Gasteiger partial charge is 0.418 e. The molecule has 0 saturated carbocycles. The summed E-state index contributed by atoms with van der Waals surface area (Å²) in [6.45, 7) is 5.78. The summed E-state index contributed by atoms with van der Waals surface area (Å²) in [5, 5.41) is 0. The minimum absolute atomic E-state index is 0.554. The Labute approximate surface area is 145 Å². The molecule has 0 fully saturated rings. The van der Waals surface area contributed by atoms with Crippen molar-refractivity contribution in [2.75, 3.05) is 13.6 Å². The standard InChI is InChI=1S/C17H34N2.BF4/c1-4-5-6-7-8-9-10-11-12-13-14-19-16-15-18(3)17(19)2;2-1(3,4)5/h15-17H,4-14H2,1-3H3;/q;-1. The van der Waals surface area contributed by atoms with Gasteiger partial charge >= 0.3 is 7.25 Å². The molecule has 1 aliphatic rings. The van der Waals surface area contributed by atoms with Crippen LogP contribution in [-0.2, 0) is 0 Å². The molecule has 1 aliphatic heterocycles. The molecule has 0 aromatic rings. The highest BCUT2D eigenvalue weighted by molar-refractivity contribution is 6.50. The van der Waals surface area contributed by atoms with Crippen molar-refractivity contribution in [1.29, 1.82) is 0 Å². The third-order valence-electron chi connectivity index (χ3n) is 4.33. The lowest BCUT2D eigenvalue weighted by Gasteiger charge is -2.26. The number of hydrogen-bond acceptors (Lipinski definition) is 2. The molecule has 144 valence electrons. The van der Waals surface area contributed by atoms with Crippen molar-refractivity contribution < 1.29 is 17.3 Å². The normalized spacial score (nSPS) is 17.2. The average molecular weight is 353 g/mol. The van der Waals surface area contributed by atoms with Crippen LogP contribution in [0.4, 0.5) is 17.3 Å². The first-order chi connectivity index (χ1) is 11.3. The van der Waals surface area contributed by atoms with Crippen molar-refractivity contribution >= 4 is 7.25 Å². The van der Waals surface area contributed by atoms with Gasteiger partial charge in [-0.25, -0.2) is 0 Å². The molecule has 0 amide bonds. The lowest BCUT2D eigenvalue weighted by Crippen LogP contribution is -2.34. The van der Waals surface area contributed by atoms with Crippen LogP contribution in [-0.4, -0.2) is 36.8 Å². The van der Waals surface area contributed by atoms with Crippen molar-refractivity contribution in [1.82, 2.24) is 9.80 Å². The number of nitrogens with zero attached hydrogens (tertiary/aromatic N) is 2. The summed E-state index contributed by atoms with van der Waals surface area (Å²) < 4.78 is 39.0. The fourth-order valence-corrected chi connectivity index (χ4v) is 2.72. The van der Waals surface area contributed by atoms with Crippen LogP contribution in [0.15, 0.2) is 12.4 Å². The molecule has 0 radical (unpaired) electrons. The van der Waals surface area contributed by atoms with Crippen LogP contribution in [0.3, 0.4) is 0 Å². The number of halogens is 4. The van der Waals surface area contributed by atoms with E-state index < -0.39 is 7.25 Å². The Morgan fingerprint density at radius 1 is 0.792 bits per heavy atom. The number of rotatable bonds is 11. The molecule has 7 heteroatoms. The van der Waals surface area contributed by atoms with Gasteiger partial charge in [0.1, 0.15) is 0 Å². The molecule has 0 bridgehead atoms. The number of unbranched alkanes of at least 4 members (excludes halogenated alkanes) is 9. The molecular weight excluding hydrogens is 319 g/mol. The van der Waals surface area contributed by atoms with Crippen LogP contribution in [0.2, 0.25) is 0 Å². The minimum atomic E-state index is -6.00. The highest BCUT2D eigenvalue weighted by Gasteiger charge is 2.20. The third-order valence-corrected chi connectivity index (χ3v) is 4.33. The second-order valence-electron chi connectivity index (χ2n) is 6.51. The summed E-state index contributed by atoms with van der Waals surface area (Å²) in [5.74, 6) is 0. The minimum Gasteiger partial charge on any atom is -0.418 e. The maximum atomic E-state index is 9.75. The van der Waals surface area contributed by atoms with Gasteiger partial charge in [0.15, 0.2) is 0 Å². The fourth-order valence-electron chi connectivity index (χ4n) is 2.72. The highest BCUT2D eigenvalue weighted by atomic mass is 19.5. The molecule has 1 atom stereocenters. The fraction of sp³-hybridized carbons (Fsp3) is 0.882. The monoisotopic (exact) mass is 353 g/mol. The summed E-state index contributed by atoms with van der Waals surface area (Å²) in [6.07, 6.45) is 19.2. The zero-order valence-corrected chi connectivity index (χ0v) is 15.5. The quantitative estimate of drug-likeness (QED) is 0.245. The van der Waals surface area contributed by atoms with E-state index in [0.717, 1.165) is 0 Å². The molecule has 0 aromatic heterocycles. The Morgan fingerprint density at radius 3 is 1.58 bits per heavy atom. The van der Waals surface area contributed by atoms with Crippen LogP contribution in [0.1, 0.15) is 78.1 Å². The van der Waals surface area contributed by atoms with Crippen molar-refractivity contribution in [3.8, 4) is 0 Å². The van der Waals surface area contributed by atoms with Gasteiger partial charge in [-0.05, 0) is 13.3 Å². The summed E-state index contributed by atoms with van der Waals surface area (Å²) in [6, 6.07) is 0. The molecule has 0 spiro atoms. The lowest BCUT2D eigenvalue weighted by atomic mass is 10.1. The second-order valence-corrected chi connectivity index (χ2v) is 6.51. The average Bonchev–Trinajstić information content (AvgIpc) is 2.79. The van der Waals surface area contributed by atoms with Crippen molar-refractivity contribution in [3.63, 3.8) is 0 Å². The van der Waals surface area contributed by atoms with E-state index in [1.54, 1.807) is 0 Å². The Balaban J connectivity index is 0.000000922. The summed E-state index contributed by atoms with van der Waals surface area (Å²) in [5.41, 5.74) is 0. The SMILES string of the molecule is CCCCCCCCCCCCN1C=CN(C)C1C.F[B-](F)(F)F. The predicted molar refractivity (Wildman–Crippen MR) is 95.1 cm³/mol. The van der Waals surface area contributed by atoms with Crippen molar-refractivity contribution in [2.45, 2.75) is 84.2 Å². The van der Waals surface area contributed by atoms with Crippen LogP contribution in [0.5, 0.6) is 0 Å². The number of hydrogen-bond donors (Lipinski definition) is 0. The first-order valence-corrected chi connectivity index (χ1v) is 9.29. The van der Waals surface area contributed by atoms with Crippen LogP contribution in [0, 0.1) is 0 Å². The molecular formula is C17H34BF4N2-. The molecule has 0 saturated heterocycles. The first-order valence-electron chi connectivity index (χ1n) is 9.29. The molecule has 1 unspecified atom stereocenters. The van der Waals surface area contributed by atoms with Gasteiger partial charge < -0.3 is 27.1 Å². The predicted octanol–water partition coefficient (Wildman–Crippen LogP) is 6.27. The molecule has 1 rings (SSSR count). The van der Waals surface area contributed by atoms with E-state index in [0.29, 0.717) is 6.17 Å². The van der Waals surface area contributed by atoms with E-state index >= 15 is 0 Å². The Morgan fingerprint density at radius 2 is 1.21 bits per heavy atom. The van der Waals surface area contributed by atoms with Crippen molar-refractivity contribution in [2.24, 2.45) is 0 Å². The largest absolute Gasteiger partial charge is 0.673 e. The van der Waals surface area contributed by atoms with E-state index in [2.05, 4.69) is 43.1 Å². The van der Waals surface area contributed by atoms with Gasteiger partial charge in [0, 0.05) is 26.0 Å². The molecule has 0 N–H and O–H groups in total. The van der Waals surface area contributed by atoms with E-state index in [1.165, 1.54) is 70.8 Å². The van der Waals surface area contributed by atoms with Gasteiger partial charge in [-0.1, -0.05) is 64.7 Å². The molecule has 24 heavy (non-hydrogen) atoms. The highest BCUT2D eigenvalue weighted by Crippen LogP contribution is 2.15. The van der Waals surface area contributed by atoms with Crippen molar-refractivity contribution in [3.05, 3.63) is 12.4 Å². The summed E-state index contributed by atoms with van der Waals surface area (Å²) >= 11 is 0. The van der Waals surface area contributed by atoms with Gasteiger partial charge in [0.05, 0.1) is 6.17 Å². The van der Waals surface area contributed by atoms with Crippen LogP contribution < -0.4 is 0 Å².